The lowest BCUT2D eigenvalue weighted by Gasteiger charge is -2.07. The van der Waals surface area contributed by atoms with E-state index in [9.17, 15) is 4.79 Å². The molecule has 0 unspecified atom stereocenters. The topological polar surface area (TPSA) is 55.1 Å². The quantitative estimate of drug-likeness (QED) is 0.838. The molecule has 3 N–H and O–H groups in total. The fourth-order valence-electron chi connectivity index (χ4n) is 2.95. The van der Waals surface area contributed by atoms with Gasteiger partial charge in [0.1, 0.15) is 4.99 Å². The Kier molecular flexibility index (Phi) is 3.63. The number of benzene rings is 1. The molecule has 1 aromatic rings. The van der Waals surface area contributed by atoms with Crippen LogP contribution in [0.15, 0.2) is 24.3 Å². The minimum Gasteiger partial charge on any atom is -0.389 e. The summed E-state index contributed by atoms with van der Waals surface area (Å²) in [5, 5.41) is 3.02. The number of hydrogen-bond acceptors (Lipinski definition) is 2. The van der Waals surface area contributed by atoms with Crippen molar-refractivity contribution in [3.63, 3.8) is 0 Å². The van der Waals surface area contributed by atoms with Crippen LogP contribution in [0.25, 0.3) is 0 Å². The Balaban J connectivity index is 2.00. The molecule has 0 radical (unpaired) electrons. The van der Waals surface area contributed by atoms with Gasteiger partial charge in [0.2, 0.25) is 0 Å². The largest absolute Gasteiger partial charge is 0.389 e. The van der Waals surface area contributed by atoms with Crippen LogP contribution in [0.4, 0.5) is 0 Å². The maximum absolute atomic E-state index is 12.2. The molecule has 0 atom stereocenters. The van der Waals surface area contributed by atoms with Gasteiger partial charge in [0.05, 0.1) is 0 Å². The van der Waals surface area contributed by atoms with E-state index >= 15 is 0 Å². The third kappa shape index (κ3) is 2.44. The van der Waals surface area contributed by atoms with E-state index < -0.39 is 0 Å². The summed E-state index contributed by atoms with van der Waals surface area (Å²) < 4.78 is 0. The van der Waals surface area contributed by atoms with E-state index in [1.54, 1.807) is 18.2 Å². The smallest absolute Gasteiger partial charge is 0.251 e. The molecule has 3 nitrogen and oxygen atoms in total. The van der Waals surface area contributed by atoms with Crippen molar-refractivity contribution in [2.45, 2.75) is 27.7 Å². The SMILES string of the molecule is CC1(C)C(CNC(=O)c2cccc(C(N)=S)c2)C1(C)C. The third-order valence-electron chi connectivity index (χ3n) is 5.20. The van der Waals surface area contributed by atoms with Crippen molar-refractivity contribution in [3.05, 3.63) is 35.4 Å². The Morgan fingerprint density at radius 3 is 2.30 bits per heavy atom. The van der Waals surface area contributed by atoms with E-state index in [0.29, 0.717) is 23.0 Å². The van der Waals surface area contributed by atoms with E-state index in [1.807, 2.05) is 6.07 Å². The molecule has 0 spiro atoms. The summed E-state index contributed by atoms with van der Waals surface area (Å²) in [6.07, 6.45) is 0. The first-order valence-electron chi connectivity index (χ1n) is 6.86. The molecule has 4 heteroatoms. The van der Waals surface area contributed by atoms with Crippen molar-refractivity contribution in [3.8, 4) is 0 Å². The van der Waals surface area contributed by atoms with Crippen LogP contribution in [0.3, 0.4) is 0 Å². The number of thiocarbonyl (C=S) groups is 1. The number of rotatable bonds is 4. The minimum absolute atomic E-state index is 0.0680. The average Bonchev–Trinajstić information content (AvgIpc) is 2.77. The van der Waals surface area contributed by atoms with Gasteiger partial charge in [-0.3, -0.25) is 4.79 Å². The van der Waals surface area contributed by atoms with Gasteiger partial charge in [0, 0.05) is 17.7 Å². The first kappa shape index (κ1) is 15.0. The van der Waals surface area contributed by atoms with Crippen molar-refractivity contribution >= 4 is 23.1 Å². The second kappa shape index (κ2) is 4.85. The zero-order chi connectivity index (χ0) is 15.1. The summed E-state index contributed by atoms with van der Waals surface area (Å²) in [6.45, 7) is 9.69. The van der Waals surface area contributed by atoms with Crippen molar-refractivity contribution in [1.82, 2.24) is 5.32 Å². The molecule has 20 heavy (non-hydrogen) atoms. The van der Waals surface area contributed by atoms with E-state index in [-0.39, 0.29) is 16.7 Å². The second-order valence-corrected chi connectivity index (χ2v) is 7.09. The molecule has 1 amide bonds. The Labute approximate surface area is 125 Å². The summed E-state index contributed by atoms with van der Waals surface area (Å²) in [6, 6.07) is 7.13. The number of amides is 1. The summed E-state index contributed by atoms with van der Waals surface area (Å²) in [5.41, 5.74) is 7.47. The highest BCUT2D eigenvalue weighted by Crippen LogP contribution is 2.67. The van der Waals surface area contributed by atoms with Gasteiger partial charge >= 0.3 is 0 Å². The van der Waals surface area contributed by atoms with Gasteiger partial charge < -0.3 is 11.1 Å². The molecule has 1 aliphatic rings. The normalized spacial score (nSPS) is 19.4. The van der Waals surface area contributed by atoms with Gasteiger partial charge in [-0.25, -0.2) is 0 Å². The number of nitrogens with two attached hydrogens (primary N) is 1. The monoisotopic (exact) mass is 290 g/mol. The molecule has 0 aliphatic heterocycles. The number of nitrogens with one attached hydrogen (secondary N) is 1. The Morgan fingerprint density at radius 1 is 1.25 bits per heavy atom. The molecule has 108 valence electrons. The van der Waals surface area contributed by atoms with E-state index in [0.717, 1.165) is 5.56 Å². The second-order valence-electron chi connectivity index (χ2n) is 6.65. The highest BCUT2D eigenvalue weighted by atomic mass is 32.1. The predicted octanol–water partition coefficient (Wildman–Crippen LogP) is 2.73. The molecule has 0 heterocycles. The summed E-state index contributed by atoms with van der Waals surface area (Å²) >= 11 is 4.93. The van der Waals surface area contributed by atoms with E-state index in [2.05, 4.69) is 33.0 Å². The molecular weight excluding hydrogens is 268 g/mol. The molecule has 1 saturated carbocycles. The van der Waals surface area contributed by atoms with Crippen LogP contribution >= 0.6 is 12.2 Å². The summed E-state index contributed by atoms with van der Waals surface area (Å²) in [5.74, 6) is 0.444. The van der Waals surface area contributed by atoms with Gasteiger partial charge in [-0.2, -0.15) is 0 Å². The maximum atomic E-state index is 12.2. The molecule has 1 fully saturated rings. The van der Waals surface area contributed by atoms with Crippen LogP contribution in [0.2, 0.25) is 0 Å². The van der Waals surface area contributed by atoms with Crippen LogP contribution in [-0.2, 0) is 0 Å². The molecule has 0 bridgehead atoms. The average molecular weight is 290 g/mol. The molecule has 0 aromatic heterocycles. The van der Waals surface area contributed by atoms with Crippen LogP contribution in [0.1, 0.15) is 43.6 Å². The first-order valence-corrected chi connectivity index (χ1v) is 7.27. The van der Waals surface area contributed by atoms with Crippen molar-refractivity contribution in [1.29, 1.82) is 0 Å². The lowest BCUT2D eigenvalue weighted by molar-refractivity contribution is 0.0950. The third-order valence-corrected chi connectivity index (χ3v) is 5.43. The Bertz CT molecular complexity index is 549. The van der Waals surface area contributed by atoms with Gasteiger partial charge in [-0.05, 0) is 28.9 Å². The van der Waals surface area contributed by atoms with E-state index in [4.69, 9.17) is 18.0 Å². The number of hydrogen-bond donors (Lipinski definition) is 2. The number of carbonyl (C=O) groups excluding carboxylic acids is 1. The lowest BCUT2D eigenvalue weighted by Crippen LogP contribution is -2.27. The minimum atomic E-state index is -0.0680. The molecule has 0 saturated heterocycles. The zero-order valence-corrected chi connectivity index (χ0v) is 13.3. The van der Waals surface area contributed by atoms with E-state index in [1.165, 1.54) is 0 Å². The fourth-order valence-corrected chi connectivity index (χ4v) is 3.08. The van der Waals surface area contributed by atoms with Crippen LogP contribution in [0.5, 0.6) is 0 Å². The zero-order valence-electron chi connectivity index (χ0n) is 12.5. The highest BCUT2D eigenvalue weighted by molar-refractivity contribution is 7.80. The molecule has 1 aliphatic carbocycles. The van der Waals surface area contributed by atoms with Gasteiger partial charge in [0.15, 0.2) is 0 Å². The number of carbonyl (C=O) groups is 1. The first-order chi connectivity index (χ1) is 9.18. The Morgan fingerprint density at radius 2 is 1.80 bits per heavy atom. The van der Waals surface area contributed by atoms with Crippen LogP contribution in [0, 0.1) is 16.7 Å². The standard InChI is InChI=1S/C16H22N2OS/c1-15(2)12(16(15,3)4)9-18-14(19)11-7-5-6-10(8-11)13(17)20/h5-8,12H,9H2,1-4H3,(H2,17,20)(H,18,19). The maximum Gasteiger partial charge on any atom is 0.251 e. The summed E-state index contributed by atoms with van der Waals surface area (Å²) in [4.78, 5) is 12.5. The van der Waals surface area contributed by atoms with Gasteiger partial charge in [-0.1, -0.05) is 52.0 Å². The lowest BCUT2D eigenvalue weighted by atomic mass is 10.0. The van der Waals surface area contributed by atoms with Crippen molar-refractivity contribution in [2.24, 2.45) is 22.5 Å². The molecule has 1 aromatic carbocycles. The fraction of sp³-hybridized carbons (Fsp3) is 0.500. The summed E-state index contributed by atoms with van der Waals surface area (Å²) in [7, 11) is 0. The van der Waals surface area contributed by atoms with Gasteiger partial charge in [0.25, 0.3) is 5.91 Å². The van der Waals surface area contributed by atoms with Crippen LogP contribution in [-0.4, -0.2) is 17.4 Å². The predicted molar refractivity (Wildman–Crippen MR) is 85.7 cm³/mol. The Hall–Kier alpha value is -1.42. The van der Waals surface area contributed by atoms with Gasteiger partial charge in [-0.15, -0.1) is 0 Å². The van der Waals surface area contributed by atoms with Crippen LogP contribution < -0.4 is 11.1 Å². The highest BCUT2D eigenvalue weighted by Gasteiger charge is 2.64. The van der Waals surface area contributed by atoms with Crippen molar-refractivity contribution in [2.75, 3.05) is 6.54 Å². The van der Waals surface area contributed by atoms with Crippen molar-refractivity contribution < 1.29 is 4.79 Å². The molecular formula is C16H22N2OS. The molecule has 2 rings (SSSR count).